The molecule has 2 unspecified atom stereocenters. The molecule has 0 aromatic carbocycles. The van der Waals surface area contributed by atoms with Crippen molar-refractivity contribution in [1.82, 2.24) is 14.8 Å². The Morgan fingerprint density at radius 2 is 2.31 bits per heavy atom. The molecule has 0 amide bonds. The van der Waals surface area contributed by atoms with E-state index in [0.29, 0.717) is 11.8 Å². The van der Waals surface area contributed by atoms with E-state index in [9.17, 15) is 0 Å². The Balaban J connectivity index is 1.84. The summed E-state index contributed by atoms with van der Waals surface area (Å²) in [5, 5.41) is 8.64. The van der Waals surface area contributed by atoms with E-state index in [1.807, 2.05) is 0 Å². The first-order valence-corrected chi connectivity index (χ1v) is 6.08. The quantitative estimate of drug-likeness (QED) is 0.781. The van der Waals surface area contributed by atoms with Gasteiger partial charge >= 0.3 is 0 Å². The van der Waals surface area contributed by atoms with Gasteiger partial charge in [0.1, 0.15) is 11.6 Å². The van der Waals surface area contributed by atoms with Crippen molar-refractivity contribution in [1.29, 1.82) is 0 Å². The smallest absolute Gasteiger partial charge is 0.138 e. The first-order valence-electron chi connectivity index (χ1n) is 6.08. The summed E-state index contributed by atoms with van der Waals surface area (Å²) in [5.74, 6) is 3.28. The molecule has 0 spiro atoms. The fourth-order valence-electron chi connectivity index (χ4n) is 2.66. The summed E-state index contributed by atoms with van der Waals surface area (Å²) in [6, 6.07) is 0. The van der Waals surface area contributed by atoms with Crippen LogP contribution in [0.4, 0.5) is 0 Å². The van der Waals surface area contributed by atoms with Gasteiger partial charge in [-0.25, -0.2) is 0 Å². The predicted molar refractivity (Wildman–Crippen MR) is 59.1 cm³/mol. The fourth-order valence-corrected chi connectivity index (χ4v) is 2.66. The molecule has 1 aromatic heterocycles. The van der Waals surface area contributed by atoms with Crippen molar-refractivity contribution in [3.8, 4) is 0 Å². The molecule has 5 heteroatoms. The SMILES string of the molecule is NCC1CCn2c(nnc2C2CCOC2)C1. The molecule has 3 rings (SSSR count). The second-order valence-corrected chi connectivity index (χ2v) is 4.78. The molecule has 2 atom stereocenters. The standard InChI is InChI=1S/C11H18N4O/c12-6-8-1-3-15-10(5-8)13-14-11(15)9-2-4-16-7-9/h8-9H,1-7,12H2. The van der Waals surface area contributed by atoms with Crippen LogP contribution in [0.25, 0.3) is 0 Å². The highest BCUT2D eigenvalue weighted by atomic mass is 16.5. The minimum Gasteiger partial charge on any atom is -0.381 e. The maximum Gasteiger partial charge on any atom is 0.138 e. The monoisotopic (exact) mass is 222 g/mol. The summed E-state index contributed by atoms with van der Waals surface area (Å²) < 4.78 is 7.70. The summed E-state index contributed by atoms with van der Waals surface area (Å²) in [7, 11) is 0. The molecule has 0 radical (unpaired) electrons. The molecule has 88 valence electrons. The second kappa shape index (κ2) is 4.14. The van der Waals surface area contributed by atoms with Crippen LogP contribution >= 0.6 is 0 Å². The summed E-state index contributed by atoms with van der Waals surface area (Å²) in [5.41, 5.74) is 5.71. The normalized spacial score (nSPS) is 29.3. The van der Waals surface area contributed by atoms with Crippen molar-refractivity contribution in [2.45, 2.75) is 31.7 Å². The van der Waals surface area contributed by atoms with Crippen LogP contribution in [-0.2, 0) is 17.7 Å². The number of rotatable bonds is 2. The average molecular weight is 222 g/mol. The third-order valence-electron chi connectivity index (χ3n) is 3.72. The van der Waals surface area contributed by atoms with Crippen LogP contribution in [0.1, 0.15) is 30.4 Å². The van der Waals surface area contributed by atoms with Crippen LogP contribution in [0, 0.1) is 5.92 Å². The van der Waals surface area contributed by atoms with Gasteiger partial charge < -0.3 is 15.0 Å². The number of hydrogen-bond donors (Lipinski definition) is 1. The zero-order valence-electron chi connectivity index (χ0n) is 9.43. The molecule has 1 aromatic rings. The van der Waals surface area contributed by atoms with Crippen molar-refractivity contribution in [3.05, 3.63) is 11.6 Å². The molecule has 16 heavy (non-hydrogen) atoms. The van der Waals surface area contributed by atoms with E-state index < -0.39 is 0 Å². The minimum atomic E-state index is 0.454. The van der Waals surface area contributed by atoms with Crippen LogP contribution in [0.15, 0.2) is 0 Å². The lowest BCUT2D eigenvalue weighted by Gasteiger charge is -2.23. The van der Waals surface area contributed by atoms with Crippen molar-refractivity contribution in [2.24, 2.45) is 11.7 Å². The largest absolute Gasteiger partial charge is 0.381 e. The summed E-state index contributed by atoms with van der Waals surface area (Å²) in [4.78, 5) is 0. The zero-order chi connectivity index (χ0) is 11.0. The van der Waals surface area contributed by atoms with Gasteiger partial charge in [0.15, 0.2) is 0 Å². The van der Waals surface area contributed by atoms with E-state index in [1.165, 1.54) is 0 Å². The van der Waals surface area contributed by atoms with Gasteiger partial charge in [0, 0.05) is 25.5 Å². The molecule has 5 nitrogen and oxygen atoms in total. The molecule has 1 fully saturated rings. The highest BCUT2D eigenvalue weighted by Gasteiger charge is 2.28. The number of fused-ring (bicyclic) bond motifs is 1. The Morgan fingerprint density at radius 3 is 3.06 bits per heavy atom. The Kier molecular flexibility index (Phi) is 2.65. The third kappa shape index (κ3) is 1.64. The zero-order valence-corrected chi connectivity index (χ0v) is 9.43. The van der Waals surface area contributed by atoms with E-state index in [2.05, 4.69) is 14.8 Å². The molecular formula is C11H18N4O. The Hall–Kier alpha value is -0.940. The van der Waals surface area contributed by atoms with Gasteiger partial charge in [0.25, 0.3) is 0 Å². The molecule has 0 aliphatic carbocycles. The summed E-state index contributed by atoms with van der Waals surface area (Å²) >= 11 is 0. The van der Waals surface area contributed by atoms with Crippen molar-refractivity contribution < 1.29 is 4.74 Å². The number of hydrogen-bond acceptors (Lipinski definition) is 4. The molecule has 2 N–H and O–H groups in total. The van der Waals surface area contributed by atoms with Crippen LogP contribution in [0.3, 0.4) is 0 Å². The van der Waals surface area contributed by atoms with Gasteiger partial charge in [-0.2, -0.15) is 0 Å². The summed E-state index contributed by atoms with van der Waals surface area (Å²) in [6.45, 7) is 3.45. The highest BCUT2D eigenvalue weighted by molar-refractivity contribution is 5.06. The molecule has 2 aliphatic heterocycles. The van der Waals surface area contributed by atoms with E-state index in [4.69, 9.17) is 10.5 Å². The molecule has 3 heterocycles. The van der Waals surface area contributed by atoms with E-state index in [0.717, 1.165) is 57.2 Å². The van der Waals surface area contributed by atoms with Crippen LogP contribution < -0.4 is 5.73 Å². The fraction of sp³-hybridized carbons (Fsp3) is 0.818. The first-order chi connectivity index (χ1) is 7.88. The minimum absolute atomic E-state index is 0.454. The Labute approximate surface area is 95.0 Å². The average Bonchev–Trinajstić information content (AvgIpc) is 2.96. The van der Waals surface area contributed by atoms with Crippen LogP contribution in [-0.4, -0.2) is 34.5 Å². The van der Waals surface area contributed by atoms with Gasteiger partial charge in [0.2, 0.25) is 0 Å². The van der Waals surface area contributed by atoms with E-state index in [-0.39, 0.29) is 0 Å². The number of nitrogens with two attached hydrogens (primary N) is 1. The van der Waals surface area contributed by atoms with Crippen molar-refractivity contribution in [2.75, 3.05) is 19.8 Å². The topological polar surface area (TPSA) is 66.0 Å². The summed E-state index contributed by atoms with van der Waals surface area (Å²) in [6.07, 6.45) is 3.22. The maximum atomic E-state index is 5.71. The molecule has 0 saturated carbocycles. The molecule has 0 bridgehead atoms. The number of nitrogens with zero attached hydrogens (tertiary/aromatic N) is 3. The highest BCUT2D eigenvalue weighted by Crippen LogP contribution is 2.27. The molecule has 2 aliphatic rings. The van der Waals surface area contributed by atoms with Gasteiger partial charge in [0.05, 0.1) is 6.61 Å². The first kappa shape index (κ1) is 10.2. The van der Waals surface area contributed by atoms with Gasteiger partial charge in [-0.3, -0.25) is 0 Å². The van der Waals surface area contributed by atoms with Gasteiger partial charge in [-0.05, 0) is 25.3 Å². The third-order valence-corrected chi connectivity index (χ3v) is 3.72. The van der Waals surface area contributed by atoms with Crippen LogP contribution in [0.5, 0.6) is 0 Å². The second-order valence-electron chi connectivity index (χ2n) is 4.78. The van der Waals surface area contributed by atoms with Gasteiger partial charge in [-0.1, -0.05) is 0 Å². The lowest BCUT2D eigenvalue weighted by Crippen LogP contribution is -2.26. The van der Waals surface area contributed by atoms with E-state index >= 15 is 0 Å². The number of ether oxygens (including phenoxy) is 1. The number of aromatic nitrogens is 3. The Morgan fingerprint density at radius 1 is 1.38 bits per heavy atom. The van der Waals surface area contributed by atoms with Crippen molar-refractivity contribution >= 4 is 0 Å². The Bertz CT molecular complexity index is 370. The van der Waals surface area contributed by atoms with Gasteiger partial charge in [-0.15, -0.1) is 10.2 Å². The van der Waals surface area contributed by atoms with E-state index in [1.54, 1.807) is 0 Å². The predicted octanol–water partition coefficient (Wildman–Crippen LogP) is 0.303. The lowest BCUT2D eigenvalue weighted by atomic mass is 9.97. The molecular weight excluding hydrogens is 204 g/mol. The maximum absolute atomic E-state index is 5.71. The molecule has 1 saturated heterocycles. The lowest BCUT2D eigenvalue weighted by molar-refractivity contribution is 0.192. The van der Waals surface area contributed by atoms with Crippen LogP contribution in [0.2, 0.25) is 0 Å². The van der Waals surface area contributed by atoms with Crippen molar-refractivity contribution in [3.63, 3.8) is 0 Å².